The van der Waals surface area contributed by atoms with Gasteiger partial charge >= 0.3 is 5.97 Å². The van der Waals surface area contributed by atoms with Gasteiger partial charge in [0.2, 0.25) is 0 Å². The van der Waals surface area contributed by atoms with E-state index in [2.05, 4.69) is 16.9 Å². The second-order valence-corrected chi connectivity index (χ2v) is 5.25. The van der Waals surface area contributed by atoms with Gasteiger partial charge in [-0.2, -0.15) is 5.10 Å². The quantitative estimate of drug-likeness (QED) is 0.857. The lowest BCUT2D eigenvalue weighted by Crippen LogP contribution is -2.34. The zero-order valence-electron chi connectivity index (χ0n) is 11.6. The molecule has 1 aromatic heterocycles. The van der Waals surface area contributed by atoms with E-state index in [0.29, 0.717) is 0 Å². The highest BCUT2D eigenvalue weighted by molar-refractivity contribution is 5.67. The van der Waals surface area contributed by atoms with Crippen LogP contribution in [0.3, 0.4) is 0 Å². The van der Waals surface area contributed by atoms with E-state index < -0.39 is 5.97 Å². The molecule has 0 bridgehead atoms. The van der Waals surface area contributed by atoms with Gasteiger partial charge in [-0.1, -0.05) is 13.3 Å². The molecule has 1 aliphatic rings. The van der Waals surface area contributed by atoms with Crippen molar-refractivity contribution in [2.45, 2.75) is 51.6 Å². The van der Waals surface area contributed by atoms with Gasteiger partial charge in [0, 0.05) is 24.3 Å². The van der Waals surface area contributed by atoms with E-state index in [1.54, 1.807) is 0 Å². The van der Waals surface area contributed by atoms with Gasteiger partial charge in [-0.15, -0.1) is 0 Å². The first-order valence-corrected chi connectivity index (χ1v) is 7.19. The van der Waals surface area contributed by atoms with Crippen LogP contribution >= 0.6 is 0 Å². The number of piperidine rings is 1. The number of carboxylic acid groups (broad SMARTS) is 1. The Balaban J connectivity index is 2.12. The zero-order chi connectivity index (χ0) is 13.7. The zero-order valence-corrected chi connectivity index (χ0v) is 11.6. The van der Waals surface area contributed by atoms with Crippen LogP contribution in [0, 0.1) is 0 Å². The largest absolute Gasteiger partial charge is 0.481 e. The van der Waals surface area contributed by atoms with E-state index >= 15 is 0 Å². The number of hydrogen-bond donors (Lipinski definition) is 1. The highest BCUT2D eigenvalue weighted by Gasteiger charge is 2.25. The van der Waals surface area contributed by atoms with E-state index in [4.69, 9.17) is 5.11 Å². The summed E-state index contributed by atoms with van der Waals surface area (Å²) in [6, 6.07) is -0.0246. The fraction of sp³-hybridized carbons (Fsp3) is 0.714. The Hall–Kier alpha value is -1.36. The van der Waals surface area contributed by atoms with Crippen LogP contribution in [-0.2, 0) is 11.3 Å². The molecule has 1 atom stereocenters. The first kappa shape index (κ1) is 14.1. The number of hydrogen-bond acceptors (Lipinski definition) is 3. The second kappa shape index (κ2) is 6.70. The van der Waals surface area contributed by atoms with Gasteiger partial charge < -0.3 is 5.11 Å². The molecule has 1 saturated heterocycles. The lowest BCUT2D eigenvalue weighted by Gasteiger charge is -2.33. The molecule has 5 heteroatoms. The predicted molar refractivity (Wildman–Crippen MR) is 72.9 cm³/mol. The molecule has 2 heterocycles. The lowest BCUT2D eigenvalue weighted by atomic mass is 10.0. The fourth-order valence-electron chi connectivity index (χ4n) is 2.76. The van der Waals surface area contributed by atoms with Crippen molar-refractivity contribution in [2.75, 3.05) is 13.1 Å². The number of carboxylic acids is 1. The number of nitrogens with zero attached hydrogens (tertiary/aromatic N) is 3. The standard InChI is InChI=1S/C14H23N3O2/c1-2-6-17-11-12(10-15-17)13(9-14(18)19)16-7-4-3-5-8-16/h10-11,13H,2-9H2,1H3,(H,18,19). The number of likely N-dealkylation sites (tertiary alicyclic amines) is 1. The highest BCUT2D eigenvalue weighted by Crippen LogP contribution is 2.27. The van der Waals surface area contributed by atoms with Crippen molar-refractivity contribution in [1.29, 1.82) is 0 Å². The van der Waals surface area contributed by atoms with Crippen LogP contribution in [0.4, 0.5) is 0 Å². The van der Waals surface area contributed by atoms with E-state index in [1.165, 1.54) is 19.3 Å². The van der Waals surface area contributed by atoms with Gasteiger partial charge in [0.1, 0.15) is 0 Å². The second-order valence-electron chi connectivity index (χ2n) is 5.25. The van der Waals surface area contributed by atoms with E-state index in [0.717, 1.165) is 31.6 Å². The van der Waals surface area contributed by atoms with Gasteiger partial charge in [0.25, 0.3) is 0 Å². The van der Waals surface area contributed by atoms with Crippen molar-refractivity contribution in [1.82, 2.24) is 14.7 Å². The van der Waals surface area contributed by atoms with Gasteiger partial charge in [-0.25, -0.2) is 0 Å². The van der Waals surface area contributed by atoms with Crippen molar-refractivity contribution in [2.24, 2.45) is 0 Å². The first-order valence-electron chi connectivity index (χ1n) is 7.19. The molecule has 0 aliphatic carbocycles. The molecule has 0 radical (unpaired) electrons. The molecule has 5 nitrogen and oxygen atoms in total. The number of carbonyl (C=O) groups is 1. The molecular formula is C14H23N3O2. The van der Waals surface area contributed by atoms with Crippen molar-refractivity contribution >= 4 is 5.97 Å². The molecule has 0 spiro atoms. The minimum Gasteiger partial charge on any atom is -0.481 e. The number of aromatic nitrogens is 2. The summed E-state index contributed by atoms with van der Waals surface area (Å²) in [7, 11) is 0. The monoisotopic (exact) mass is 265 g/mol. The third-order valence-electron chi connectivity index (χ3n) is 3.69. The minimum atomic E-state index is -0.737. The van der Waals surface area contributed by atoms with E-state index in [1.807, 2.05) is 17.1 Å². The molecule has 1 aliphatic heterocycles. The summed E-state index contributed by atoms with van der Waals surface area (Å²) in [6.45, 7) is 4.99. The van der Waals surface area contributed by atoms with Gasteiger partial charge in [0.05, 0.1) is 12.6 Å². The van der Waals surface area contributed by atoms with Crippen LogP contribution in [0.5, 0.6) is 0 Å². The molecule has 19 heavy (non-hydrogen) atoms. The predicted octanol–water partition coefficient (Wildman–Crippen LogP) is 2.29. The Bertz CT molecular complexity index is 411. The van der Waals surface area contributed by atoms with Crippen molar-refractivity contribution in [3.8, 4) is 0 Å². The Morgan fingerprint density at radius 2 is 2.16 bits per heavy atom. The van der Waals surface area contributed by atoms with Crippen LogP contribution in [-0.4, -0.2) is 38.8 Å². The lowest BCUT2D eigenvalue weighted by molar-refractivity contribution is -0.138. The molecule has 1 aromatic rings. The normalized spacial score (nSPS) is 18.4. The summed E-state index contributed by atoms with van der Waals surface area (Å²) in [5.74, 6) is -0.737. The van der Waals surface area contributed by atoms with Crippen LogP contribution in [0.1, 0.15) is 50.6 Å². The Kier molecular flexibility index (Phi) is 4.96. The average molecular weight is 265 g/mol. The molecule has 106 valence electrons. The number of aliphatic carboxylic acids is 1. The Morgan fingerprint density at radius 1 is 1.42 bits per heavy atom. The summed E-state index contributed by atoms with van der Waals surface area (Å²) in [6.07, 6.45) is 8.62. The van der Waals surface area contributed by atoms with Gasteiger partial charge in [0.15, 0.2) is 0 Å². The van der Waals surface area contributed by atoms with Gasteiger partial charge in [-0.3, -0.25) is 14.4 Å². The number of aryl methyl sites for hydroxylation is 1. The highest BCUT2D eigenvalue weighted by atomic mass is 16.4. The van der Waals surface area contributed by atoms with Crippen molar-refractivity contribution in [3.63, 3.8) is 0 Å². The molecule has 1 fully saturated rings. The smallest absolute Gasteiger partial charge is 0.305 e. The third-order valence-corrected chi connectivity index (χ3v) is 3.69. The molecule has 1 unspecified atom stereocenters. The van der Waals surface area contributed by atoms with E-state index in [-0.39, 0.29) is 12.5 Å². The Morgan fingerprint density at radius 3 is 2.79 bits per heavy atom. The maximum atomic E-state index is 11.1. The minimum absolute atomic E-state index is 0.0246. The van der Waals surface area contributed by atoms with E-state index in [9.17, 15) is 4.79 Å². The maximum absolute atomic E-state index is 11.1. The summed E-state index contributed by atoms with van der Waals surface area (Å²) in [5, 5.41) is 13.5. The third kappa shape index (κ3) is 3.80. The first-order chi connectivity index (χ1) is 9.20. The average Bonchev–Trinajstić information content (AvgIpc) is 2.86. The van der Waals surface area contributed by atoms with Crippen LogP contribution in [0.15, 0.2) is 12.4 Å². The van der Waals surface area contributed by atoms with Crippen LogP contribution in [0.2, 0.25) is 0 Å². The van der Waals surface area contributed by atoms with Gasteiger partial charge in [-0.05, 0) is 32.4 Å². The summed E-state index contributed by atoms with van der Waals surface area (Å²) < 4.78 is 1.91. The van der Waals surface area contributed by atoms with Crippen molar-refractivity contribution < 1.29 is 9.90 Å². The SMILES string of the molecule is CCCn1cc(C(CC(=O)O)N2CCCCC2)cn1. The summed E-state index contributed by atoms with van der Waals surface area (Å²) >= 11 is 0. The fourth-order valence-corrected chi connectivity index (χ4v) is 2.76. The Labute approximate surface area is 114 Å². The van der Waals surface area contributed by atoms with Crippen LogP contribution < -0.4 is 0 Å². The van der Waals surface area contributed by atoms with Crippen LogP contribution in [0.25, 0.3) is 0 Å². The summed E-state index contributed by atoms with van der Waals surface area (Å²) in [4.78, 5) is 13.4. The topological polar surface area (TPSA) is 58.4 Å². The molecule has 1 N–H and O–H groups in total. The maximum Gasteiger partial charge on any atom is 0.305 e. The molecule has 0 aromatic carbocycles. The molecular weight excluding hydrogens is 242 g/mol. The molecule has 0 saturated carbocycles. The van der Waals surface area contributed by atoms with Crippen molar-refractivity contribution in [3.05, 3.63) is 18.0 Å². The molecule has 2 rings (SSSR count). The molecule has 0 amide bonds. The summed E-state index contributed by atoms with van der Waals surface area (Å²) in [5.41, 5.74) is 1.04. The number of rotatable bonds is 6.